The fraction of sp³-hybridized carbons (Fsp3) is 0.333. The van der Waals surface area contributed by atoms with Gasteiger partial charge in [0, 0.05) is 17.7 Å². The first-order chi connectivity index (χ1) is 7.63. The Hall–Kier alpha value is -1.42. The van der Waals surface area contributed by atoms with E-state index in [0.717, 1.165) is 24.1 Å². The number of unbranched alkanes of at least 4 members (excludes halogenated alkanes) is 1. The number of anilines is 1. The van der Waals surface area contributed by atoms with Gasteiger partial charge in [0.1, 0.15) is 4.99 Å². The summed E-state index contributed by atoms with van der Waals surface area (Å²) in [6.07, 6.45) is 2.47. The van der Waals surface area contributed by atoms with Crippen LogP contribution in [-0.4, -0.2) is 10.9 Å². The van der Waals surface area contributed by atoms with Crippen molar-refractivity contribution in [2.24, 2.45) is 5.73 Å². The maximum absolute atomic E-state index is 11.5. The summed E-state index contributed by atoms with van der Waals surface area (Å²) in [5.74, 6) is 0.0296. The molecule has 1 amide bonds. The molecule has 0 spiro atoms. The van der Waals surface area contributed by atoms with Crippen LogP contribution in [0.3, 0.4) is 0 Å². The monoisotopic (exact) mass is 236 g/mol. The van der Waals surface area contributed by atoms with Crippen LogP contribution in [0.25, 0.3) is 0 Å². The molecule has 0 fully saturated rings. The van der Waals surface area contributed by atoms with Crippen LogP contribution in [0.5, 0.6) is 0 Å². The Bertz CT molecular complexity index is 390. The summed E-state index contributed by atoms with van der Waals surface area (Å²) in [5.41, 5.74) is 7.02. The molecule has 0 aliphatic heterocycles. The fourth-order valence-electron chi connectivity index (χ4n) is 1.31. The quantitative estimate of drug-likeness (QED) is 0.772. The van der Waals surface area contributed by atoms with Crippen molar-refractivity contribution in [3.8, 4) is 0 Å². The second-order valence-electron chi connectivity index (χ2n) is 3.60. The van der Waals surface area contributed by atoms with Gasteiger partial charge in [-0.1, -0.05) is 37.7 Å². The highest BCUT2D eigenvalue weighted by atomic mass is 32.1. The van der Waals surface area contributed by atoms with Crippen LogP contribution in [0.1, 0.15) is 31.7 Å². The Morgan fingerprint density at radius 2 is 2.25 bits per heavy atom. The zero-order chi connectivity index (χ0) is 12.0. The molecule has 0 saturated carbocycles. The van der Waals surface area contributed by atoms with Crippen LogP contribution in [0.2, 0.25) is 0 Å². The van der Waals surface area contributed by atoms with Crippen molar-refractivity contribution in [2.45, 2.75) is 26.2 Å². The smallest absolute Gasteiger partial charge is 0.224 e. The van der Waals surface area contributed by atoms with Gasteiger partial charge in [0.25, 0.3) is 0 Å². The molecule has 0 aromatic heterocycles. The van der Waals surface area contributed by atoms with Gasteiger partial charge in [-0.25, -0.2) is 0 Å². The predicted octanol–water partition coefficient (Wildman–Crippen LogP) is 2.45. The number of nitrogens with two attached hydrogens (primary N) is 1. The third-order valence-corrected chi connectivity index (χ3v) is 2.42. The first-order valence-corrected chi connectivity index (χ1v) is 5.74. The van der Waals surface area contributed by atoms with Gasteiger partial charge in [0.15, 0.2) is 0 Å². The maximum atomic E-state index is 11.5. The highest BCUT2D eigenvalue weighted by Gasteiger charge is 2.03. The van der Waals surface area contributed by atoms with E-state index in [0.29, 0.717) is 11.4 Å². The number of nitrogens with one attached hydrogen (secondary N) is 1. The summed E-state index contributed by atoms with van der Waals surface area (Å²) >= 11 is 4.87. The second kappa shape index (κ2) is 6.23. The van der Waals surface area contributed by atoms with E-state index in [2.05, 4.69) is 12.2 Å². The molecule has 1 rings (SSSR count). The van der Waals surface area contributed by atoms with Crippen molar-refractivity contribution in [1.29, 1.82) is 0 Å². The van der Waals surface area contributed by atoms with E-state index in [1.807, 2.05) is 18.2 Å². The fourth-order valence-corrected chi connectivity index (χ4v) is 1.44. The van der Waals surface area contributed by atoms with Crippen molar-refractivity contribution in [3.63, 3.8) is 0 Å². The second-order valence-corrected chi connectivity index (χ2v) is 4.04. The molecule has 4 heteroatoms. The lowest BCUT2D eigenvalue weighted by molar-refractivity contribution is -0.116. The first-order valence-electron chi connectivity index (χ1n) is 5.33. The van der Waals surface area contributed by atoms with Crippen LogP contribution in [-0.2, 0) is 4.79 Å². The van der Waals surface area contributed by atoms with Crippen molar-refractivity contribution in [1.82, 2.24) is 0 Å². The minimum Gasteiger partial charge on any atom is -0.389 e. The van der Waals surface area contributed by atoms with Gasteiger partial charge in [-0.3, -0.25) is 4.79 Å². The molecule has 16 heavy (non-hydrogen) atoms. The van der Waals surface area contributed by atoms with Crippen LogP contribution < -0.4 is 11.1 Å². The van der Waals surface area contributed by atoms with Crippen LogP contribution in [0.4, 0.5) is 5.69 Å². The van der Waals surface area contributed by atoms with Gasteiger partial charge < -0.3 is 11.1 Å². The van der Waals surface area contributed by atoms with Crippen molar-refractivity contribution >= 4 is 28.8 Å². The average molecular weight is 236 g/mol. The van der Waals surface area contributed by atoms with Crippen LogP contribution in [0.15, 0.2) is 24.3 Å². The number of hydrogen-bond acceptors (Lipinski definition) is 2. The molecule has 0 aliphatic rings. The number of amides is 1. The molecule has 0 aliphatic carbocycles. The zero-order valence-corrected chi connectivity index (χ0v) is 10.1. The van der Waals surface area contributed by atoms with Gasteiger partial charge >= 0.3 is 0 Å². The minimum absolute atomic E-state index is 0.0296. The average Bonchev–Trinajstić information content (AvgIpc) is 2.26. The SMILES string of the molecule is CCCCC(=O)Nc1cccc(C(N)=S)c1. The largest absolute Gasteiger partial charge is 0.389 e. The molecule has 0 atom stereocenters. The minimum atomic E-state index is 0.0296. The predicted molar refractivity (Wildman–Crippen MR) is 70.5 cm³/mol. The molecular formula is C12H16N2OS. The number of thiocarbonyl (C=S) groups is 1. The summed E-state index contributed by atoms with van der Waals surface area (Å²) in [6.45, 7) is 2.06. The highest BCUT2D eigenvalue weighted by Crippen LogP contribution is 2.11. The topological polar surface area (TPSA) is 55.1 Å². The van der Waals surface area contributed by atoms with Crippen LogP contribution in [0, 0.1) is 0 Å². The summed E-state index contributed by atoms with van der Waals surface area (Å²) in [6, 6.07) is 7.26. The molecule has 0 unspecified atom stereocenters. The number of hydrogen-bond donors (Lipinski definition) is 2. The van der Waals surface area contributed by atoms with Gasteiger partial charge in [-0.15, -0.1) is 0 Å². The van der Waals surface area contributed by atoms with E-state index in [1.54, 1.807) is 6.07 Å². The van der Waals surface area contributed by atoms with Gasteiger partial charge in [0.2, 0.25) is 5.91 Å². The lowest BCUT2D eigenvalue weighted by Gasteiger charge is -2.06. The molecule has 0 saturated heterocycles. The molecule has 86 valence electrons. The third kappa shape index (κ3) is 3.98. The molecule has 0 bridgehead atoms. The van der Waals surface area contributed by atoms with Gasteiger partial charge in [0.05, 0.1) is 0 Å². The summed E-state index contributed by atoms with van der Waals surface area (Å²) < 4.78 is 0. The molecule has 1 aromatic carbocycles. The summed E-state index contributed by atoms with van der Waals surface area (Å²) in [7, 11) is 0. The van der Waals surface area contributed by atoms with Gasteiger partial charge in [-0.05, 0) is 18.6 Å². The van der Waals surface area contributed by atoms with Crippen molar-refractivity contribution < 1.29 is 4.79 Å². The van der Waals surface area contributed by atoms with E-state index in [-0.39, 0.29) is 5.91 Å². The Kier molecular flexibility index (Phi) is 4.92. The number of carbonyl (C=O) groups excluding carboxylic acids is 1. The Morgan fingerprint density at radius 1 is 1.50 bits per heavy atom. The third-order valence-electron chi connectivity index (χ3n) is 2.19. The van der Waals surface area contributed by atoms with E-state index in [9.17, 15) is 4.79 Å². The lowest BCUT2D eigenvalue weighted by atomic mass is 10.2. The molecule has 1 aromatic rings. The van der Waals surface area contributed by atoms with E-state index in [1.165, 1.54) is 0 Å². The molecular weight excluding hydrogens is 220 g/mol. The summed E-state index contributed by atoms with van der Waals surface area (Å²) in [5, 5.41) is 2.82. The molecule has 3 N–H and O–H groups in total. The van der Waals surface area contributed by atoms with E-state index in [4.69, 9.17) is 18.0 Å². The van der Waals surface area contributed by atoms with E-state index < -0.39 is 0 Å². The lowest BCUT2D eigenvalue weighted by Crippen LogP contribution is -2.13. The number of carbonyl (C=O) groups is 1. The highest BCUT2D eigenvalue weighted by molar-refractivity contribution is 7.80. The normalized spacial score (nSPS) is 9.81. The van der Waals surface area contributed by atoms with Crippen LogP contribution >= 0.6 is 12.2 Å². The zero-order valence-electron chi connectivity index (χ0n) is 9.32. The van der Waals surface area contributed by atoms with Gasteiger partial charge in [-0.2, -0.15) is 0 Å². The van der Waals surface area contributed by atoms with Crippen molar-refractivity contribution in [2.75, 3.05) is 5.32 Å². The summed E-state index contributed by atoms with van der Waals surface area (Å²) in [4.78, 5) is 11.8. The maximum Gasteiger partial charge on any atom is 0.224 e. The Labute approximate surface area is 101 Å². The molecule has 0 radical (unpaired) electrons. The molecule has 0 heterocycles. The number of rotatable bonds is 5. The first kappa shape index (κ1) is 12.6. The Morgan fingerprint density at radius 3 is 2.88 bits per heavy atom. The van der Waals surface area contributed by atoms with E-state index >= 15 is 0 Å². The Balaban J connectivity index is 2.63. The van der Waals surface area contributed by atoms with Crippen molar-refractivity contribution in [3.05, 3.63) is 29.8 Å². The molecule has 3 nitrogen and oxygen atoms in total. The number of benzene rings is 1. The standard InChI is InChI=1S/C12H16N2OS/c1-2-3-7-11(15)14-10-6-4-5-9(8-10)12(13)16/h4-6,8H,2-3,7H2,1H3,(H2,13,16)(H,14,15).